The average Bonchev–Trinajstić information content (AvgIpc) is 2.40. The summed E-state index contributed by atoms with van der Waals surface area (Å²) in [5.74, 6) is 0.649. The van der Waals surface area contributed by atoms with Gasteiger partial charge in [-0.3, -0.25) is 4.79 Å². The van der Waals surface area contributed by atoms with Crippen molar-refractivity contribution < 1.29 is 9.53 Å². The van der Waals surface area contributed by atoms with Crippen LogP contribution in [0.3, 0.4) is 0 Å². The Balaban J connectivity index is 2.63. The first kappa shape index (κ1) is 16.5. The van der Waals surface area contributed by atoms with Gasteiger partial charge in [0.25, 0.3) is 0 Å². The highest BCUT2D eigenvalue weighted by Crippen LogP contribution is 2.19. The van der Waals surface area contributed by atoms with Crippen LogP contribution in [-0.2, 0) is 4.79 Å². The Hall–Kier alpha value is -1.55. The molecule has 2 atom stereocenters. The number of carbonyl (C=O) groups is 1. The molecule has 0 spiro atoms. The van der Waals surface area contributed by atoms with Crippen LogP contribution < -0.4 is 15.8 Å². The number of anilines is 1. The molecule has 1 aromatic carbocycles. The maximum Gasteiger partial charge on any atom is 0.244 e. The number of nitrogens with one attached hydrogen (secondary N) is 1. The molecule has 1 aromatic rings. The van der Waals surface area contributed by atoms with Crippen molar-refractivity contribution >= 4 is 11.6 Å². The Kier molecular flexibility index (Phi) is 6.02. The molecule has 1 amide bonds. The monoisotopic (exact) mass is 278 g/mol. The first-order chi connectivity index (χ1) is 9.39. The van der Waals surface area contributed by atoms with Crippen LogP contribution in [0.25, 0.3) is 0 Å². The lowest BCUT2D eigenvalue weighted by Gasteiger charge is -2.23. The maximum absolute atomic E-state index is 12.1. The van der Waals surface area contributed by atoms with Crippen molar-refractivity contribution in [1.82, 2.24) is 0 Å². The summed E-state index contributed by atoms with van der Waals surface area (Å²) >= 11 is 0. The first-order valence-electron chi connectivity index (χ1n) is 7.26. The third-order valence-electron chi connectivity index (χ3n) is 3.31. The van der Waals surface area contributed by atoms with E-state index in [-0.39, 0.29) is 12.0 Å². The highest BCUT2D eigenvalue weighted by molar-refractivity contribution is 5.97. The van der Waals surface area contributed by atoms with Crippen molar-refractivity contribution in [2.24, 2.45) is 5.73 Å². The van der Waals surface area contributed by atoms with Crippen molar-refractivity contribution in [1.29, 1.82) is 0 Å². The second kappa shape index (κ2) is 7.29. The Bertz CT molecular complexity index is 427. The second-order valence-electron chi connectivity index (χ2n) is 5.48. The smallest absolute Gasteiger partial charge is 0.244 e. The molecular weight excluding hydrogens is 252 g/mol. The Morgan fingerprint density at radius 1 is 1.35 bits per heavy atom. The van der Waals surface area contributed by atoms with Crippen LogP contribution >= 0.6 is 0 Å². The molecule has 0 aliphatic carbocycles. The third-order valence-corrected chi connectivity index (χ3v) is 3.31. The molecule has 1 rings (SSSR count). The summed E-state index contributed by atoms with van der Waals surface area (Å²) in [5.41, 5.74) is 5.90. The molecule has 0 fully saturated rings. The van der Waals surface area contributed by atoms with Crippen molar-refractivity contribution in [3.8, 4) is 5.75 Å². The topological polar surface area (TPSA) is 64.4 Å². The standard InChI is InChI=1S/C16H26N2O2/c1-5-11-16(4,17)15(19)18-13-7-9-14(10-8-13)20-12(3)6-2/h7-10,12H,5-6,11,17H2,1-4H3,(H,18,19). The second-order valence-corrected chi connectivity index (χ2v) is 5.48. The summed E-state index contributed by atoms with van der Waals surface area (Å²) in [4.78, 5) is 12.1. The molecule has 0 heterocycles. The predicted molar refractivity (Wildman–Crippen MR) is 83.0 cm³/mol. The number of hydrogen-bond donors (Lipinski definition) is 2. The van der Waals surface area contributed by atoms with Gasteiger partial charge in [-0.1, -0.05) is 20.3 Å². The molecule has 4 nitrogen and oxygen atoms in total. The van der Waals surface area contributed by atoms with E-state index in [1.165, 1.54) is 0 Å². The van der Waals surface area contributed by atoms with E-state index in [0.717, 1.165) is 24.3 Å². The lowest BCUT2D eigenvalue weighted by Crippen LogP contribution is -2.48. The lowest BCUT2D eigenvalue weighted by atomic mass is 9.96. The fourth-order valence-electron chi connectivity index (χ4n) is 1.84. The van der Waals surface area contributed by atoms with Gasteiger partial charge in [-0.15, -0.1) is 0 Å². The zero-order valence-corrected chi connectivity index (χ0v) is 12.9. The van der Waals surface area contributed by atoms with Crippen LogP contribution in [-0.4, -0.2) is 17.6 Å². The molecule has 4 heteroatoms. The van der Waals surface area contributed by atoms with Crippen LogP contribution in [0, 0.1) is 0 Å². The highest BCUT2D eigenvalue weighted by atomic mass is 16.5. The molecule has 112 valence electrons. The Morgan fingerprint density at radius 2 is 1.95 bits per heavy atom. The van der Waals surface area contributed by atoms with E-state index in [1.54, 1.807) is 6.92 Å². The number of rotatable bonds is 7. The number of nitrogens with two attached hydrogens (primary N) is 1. The summed E-state index contributed by atoms with van der Waals surface area (Å²) in [6.07, 6.45) is 2.68. The normalized spacial score (nSPS) is 15.2. The molecule has 0 aliphatic heterocycles. The van der Waals surface area contributed by atoms with E-state index in [9.17, 15) is 4.79 Å². The van der Waals surface area contributed by atoms with Crippen molar-refractivity contribution in [2.75, 3.05) is 5.32 Å². The average molecular weight is 278 g/mol. The van der Waals surface area contributed by atoms with Gasteiger partial charge < -0.3 is 15.8 Å². The van der Waals surface area contributed by atoms with E-state index in [0.29, 0.717) is 6.42 Å². The van der Waals surface area contributed by atoms with E-state index >= 15 is 0 Å². The molecule has 0 radical (unpaired) electrons. The van der Waals surface area contributed by atoms with Crippen LogP contribution in [0.1, 0.15) is 47.0 Å². The summed E-state index contributed by atoms with van der Waals surface area (Å²) in [6, 6.07) is 7.38. The van der Waals surface area contributed by atoms with Crippen molar-refractivity contribution in [3.63, 3.8) is 0 Å². The van der Waals surface area contributed by atoms with Crippen molar-refractivity contribution in [2.45, 2.75) is 58.6 Å². The molecular formula is C16H26N2O2. The van der Waals surface area contributed by atoms with Crippen LogP contribution in [0.4, 0.5) is 5.69 Å². The van der Waals surface area contributed by atoms with Gasteiger partial charge in [-0.25, -0.2) is 0 Å². The zero-order chi connectivity index (χ0) is 15.2. The number of benzene rings is 1. The number of hydrogen-bond acceptors (Lipinski definition) is 3. The largest absolute Gasteiger partial charge is 0.491 e. The van der Waals surface area contributed by atoms with Gasteiger partial charge in [0.2, 0.25) is 5.91 Å². The number of amides is 1. The van der Waals surface area contributed by atoms with Gasteiger partial charge in [0.15, 0.2) is 0 Å². The summed E-state index contributed by atoms with van der Waals surface area (Å²) in [6.45, 7) is 7.88. The predicted octanol–water partition coefficient (Wildman–Crippen LogP) is 3.32. The molecule has 20 heavy (non-hydrogen) atoms. The van der Waals surface area contributed by atoms with E-state index in [2.05, 4.69) is 12.2 Å². The van der Waals surface area contributed by atoms with Gasteiger partial charge in [-0.2, -0.15) is 0 Å². The van der Waals surface area contributed by atoms with E-state index < -0.39 is 5.54 Å². The number of carbonyl (C=O) groups excluding carboxylic acids is 1. The molecule has 3 N–H and O–H groups in total. The summed E-state index contributed by atoms with van der Waals surface area (Å²) in [7, 11) is 0. The minimum atomic E-state index is -0.833. The Labute approximate surface area is 121 Å². The molecule has 0 aliphatic rings. The summed E-state index contributed by atoms with van der Waals surface area (Å²) in [5, 5.41) is 2.84. The molecule has 0 bridgehead atoms. The zero-order valence-electron chi connectivity index (χ0n) is 12.9. The Morgan fingerprint density at radius 3 is 2.45 bits per heavy atom. The quantitative estimate of drug-likeness (QED) is 0.804. The fraction of sp³-hybridized carbons (Fsp3) is 0.562. The van der Waals surface area contributed by atoms with Gasteiger partial charge in [-0.05, 0) is 51.0 Å². The van der Waals surface area contributed by atoms with Crippen molar-refractivity contribution in [3.05, 3.63) is 24.3 Å². The van der Waals surface area contributed by atoms with Crippen LogP contribution in [0.2, 0.25) is 0 Å². The van der Waals surface area contributed by atoms with Crippen LogP contribution in [0.15, 0.2) is 24.3 Å². The lowest BCUT2D eigenvalue weighted by molar-refractivity contribution is -0.120. The molecule has 0 saturated heterocycles. The molecule has 0 aromatic heterocycles. The minimum Gasteiger partial charge on any atom is -0.491 e. The summed E-state index contributed by atoms with van der Waals surface area (Å²) < 4.78 is 5.69. The first-order valence-corrected chi connectivity index (χ1v) is 7.26. The van der Waals surface area contributed by atoms with Gasteiger partial charge in [0, 0.05) is 5.69 Å². The minimum absolute atomic E-state index is 0.157. The number of ether oxygens (including phenoxy) is 1. The SMILES string of the molecule is CCCC(C)(N)C(=O)Nc1ccc(OC(C)CC)cc1. The van der Waals surface area contributed by atoms with Gasteiger partial charge in [0.1, 0.15) is 5.75 Å². The highest BCUT2D eigenvalue weighted by Gasteiger charge is 2.27. The maximum atomic E-state index is 12.1. The fourth-order valence-corrected chi connectivity index (χ4v) is 1.84. The van der Waals surface area contributed by atoms with E-state index in [4.69, 9.17) is 10.5 Å². The third kappa shape index (κ3) is 4.85. The van der Waals surface area contributed by atoms with E-state index in [1.807, 2.05) is 38.1 Å². The molecule has 2 unspecified atom stereocenters. The van der Waals surface area contributed by atoms with Crippen LogP contribution in [0.5, 0.6) is 5.75 Å². The van der Waals surface area contributed by atoms with Gasteiger partial charge >= 0.3 is 0 Å². The van der Waals surface area contributed by atoms with Gasteiger partial charge in [0.05, 0.1) is 11.6 Å². The molecule has 0 saturated carbocycles.